The Bertz CT molecular complexity index is 421. The van der Waals surface area contributed by atoms with Crippen molar-refractivity contribution in [2.75, 3.05) is 0 Å². The summed E-state index contributed by atoms with van der Waals surface area (Å²) in [7, 11) is -3.20. The fraction of sp³-hybridized carbons (Fsp3) is 0.143. The molecule has 9 heteroatoms. The Morgan fingerprint density at radius 2 is 1.31 bits per heavy atom. The van der Waals surface area contributed by atoms with Crippen LogP contribution in [0.1, 0.15) is 5.56 Å². The topological polar surface area (TPSA) is 46.5 Å². The number of hydrogen-bond donors (Lipinski definition) is 1. The molecule has 0 aliphatic heterocycles. The van der Waals surface area contributed by atoms with Crippen LogP contribution in [0.2, 0.25) is 0 Å². The van der Waals surface area contributed by atoms with Crippen LogP contribution in [-0.4, -0.2) is 4.89 Å². The molecule has 1 aromatic rings. The van der Waals surface area contributed by atoms with Gasteiger partial charge >= 0.3 is 8.25 Å². The van der Waals surface area contributed by atoms with E-state index in [1.165, 1.54) is 0 Å². The molecule has 0 aromatic heterocycles. The van der Waals surface area contributed by atoms with Gasteiger partial charge in [0.1, 0.15) is 6.61 Å². The Morgan fingerprint density at radius 1 is 0.938 bits per heavy atom. The highest BCUT2D eigenvalue weighted by Gasteiger charge is 2.27. The lowest BCUT2D eigenvalue weighted by Crippen LogP contribution is -2.07. The minimum atomic E-state index is -3.20. The summed E-state index contributed by atoms with van der Waals surface area (Å²) >= 11 is 0. The van der Waals surface area contributed by atoms with Crippen molar-refractivity contribution in [3.05, 3.63) is 34.6 Å². The standard InChI is InChI=1S/C7H2F5O3P/c8-3-2(1-15-16(13)14)4(9)6(11)7(12)5(3)10/h1H2/p+1. The smallest absolute Gasteiger partial charge is 0.203 e. The van der Waals surface area contributed by atoms with E-state index in [-0.39, 0.29) is 0 Å². The highest BCUT2D eigenvalue weighted by Crippen LogP contribution is 2.26. The van der Waals surface area contributed by atoms with E-state index in [2.05, 4.69) is 4.52 Å². The average Bonchev–Trinajstić information content (AvgIpc) is 2.23. The molecule has 88 valence electrons. The fourth-order valence-corrected chi connectivity index (χ4v) is 1.14. The predicted molar refractivity (Wildman–Crippen MR) is 40.8 cm³/mol. The molecule has 1 N–H and O–H groups in total. The van der Waals surface area contributed by atoms with Gasteiger partial charge in [-0.05, 0) is 0 Å². The third-order valence-corrected chi connectivity index (χ3v) is 1.97. The highest BCUT2D eigenvalue weighted by molar-refractivity contribution is 7.32. The largest absolute Gasteiger partial charge is 0.695 e. The van der Waals surface area contributed by atoms with Gasteiger partial charge in [0.05, 0.1) is 5.56 Å². The minimum absolute atomic E-state index is 1.20. The average molecular weight is 261 g/mol. The van der Waals surface area contributed by atoms with Crippen LogP contribution in [0.5, 0.6) is 0 Å². The van der Waals surface area contributed by atoms with Crippen LogP contribution >= 0.6 is 8.25 Å². The zero-order chi connectivity index (χ0) is 12.5. The number of halogens is 5. The first-order chi connectivity index (χ1) is 7.36. The molecule has 0 amide bonds. The summed E-state index contributed by atoms with van der Waals surface area (Å²) in [4.78, 5) is 8.17. The van der Waals surface area contributed by atoms with Crippen LogP contribution in [0.25, 0.3) is 0 Å². The molecular weight excluding hydrogens is 258 g/mol. The Morgan fingerprint density at radius 3 is 1.69 bits per heavy atom. The van der Waals surface area contributed by atoms with Crippen molar-refractivity contribution in [2.24, 2.45) is 0 Å². The molecule has 16 heavy (non-hydrogen) atoms. The van der Waals surface area contributed by atoms with Gasteiger partial charge in [-0.3, -0.25) is 0 Å². The molecule has 0 aliphatic carbocycles. The van der Waals surface area contributed by atoms with Crippen molar-refractivity contribution in [3.63, 3.8) is 0 Å². The molecule has 1 rings (SSSR count). The van der Waals surface area contributed by atoms with Crippen LogP contribution in [-0.2, 0) is 15.7 Å². The molecule has 1 unspecified atom stereocenters. The molecule has 0 saturated carbocycles. The maximum absolute atomic E-state index is 12.9. The number of benzene rings is 1. The zero-order valence-corrected chi connectivity index (χ0v) is 8.20. The zero-order valence-electron chi connectivity index (χ0n) is 7.31. The minimum Gasteiger partial charge on any atom is -0.203 e. The van der Waals surface area contributed by atoms with Crippen LogP contribution in [0, 0.1) is 29.1 Å². The third kappa shape index (κ3) is 2.34. The molecule has 0 radical (unpaired) electrons. The quantitative estimate of drug-likeness (QED) is 0.393. The molecular formula is C7H3F5O3P+. The van der Waals surface area contributed by atoms with Gasteiger partial charge in [0, 0.05) is 4.57 Å². The second kappa shape index (κ2) is 4.82. The normalized spacial score (nSPS) is 11.8. The lowest BCUT2D eigenvalue weighted by Gasteiger charge is -2.04. The Kier molecular flexibility index (Phi) is 3.90. The van der Waals surface area contributed by atoms with Gasteiger partial charge in [-0.1, -0.05) is 0 Å². The van der Waals surface area contributed by atoms with E-state index < -0.39 is 49.5 Å². The molecule has 1 aromatic carbocycles. The molecule has 3 nitrogen and oxygen atoms in total. The van der Waals surface area contributed by atoms with Crippen LogP contribution in [0.4, 0.5) is 22.0 Å². The SMILES string of the molecule is O=[P+](O)OCc1c(F)c(F)c(F)c(F)c1F. The van der Waals surface area contributed by atoms with Crippen molar-refractivity contribution in [3.8, 4) is 0 Å². The molecule has 0 fully saturated rings. The lowest BCUT2D eigenvalue weighted by molar-refractivity contribution is 0.256. The molecule has 0 bridgehead atoms. The maximum Gasteiger partial charge on any atom is 0.695 e. The summed E-state index contributed by atoms with van der Waals surface area (Å²) in [5.74, 6) is -10.7. The highest BCUT2D eigenvalue weighted by atomic mass is 31.1. The van der Waals surface area contributed by atoms with E-state index >= 15 is 0 Å². The summed E-state index contributed by atoms with van der Waals surface area (Å²) in [6.45, 7) is -1.20. The molecule has 1 atom stereocenters. The molecule has 0 aliphatic rings. The summed E-state index contributed by atoms with van der Waals surface area (Å²) in [5, 5.41) is 0. The predicted octanol–water partition coefficient (Wildman–Crippen LogP) is 2.55. The first-order valence-electron chi connectivity index (χ1n) is 3.65. The second-order valence-corrected chi connectivity index (χ2v) is 3.29. The Labute approximate surface area is 86.4 Å². The third-order valence-electron chi connectivity index (χ3n) is 1.62. The van der Waals surface area contributed by atoms with E-state index in [0.29, 0.717) is 0 Å². The Hall–Kier alpha value is -1.11. The van der Waals surface area contributed by atoms with E-state index in [0.717, 1.165) is 0 Å². The van der Waals surface area contributed by atoms with Crippen molar-refractivity contribution < 1.29 is 35.9 Å². The summed E-state index contributed by atoms with van der Waals surface area (Å²) in [6, 6.07) is 0. The number of hydrogen-bond acceptors (Lipinski definition) is 2. The van der Waals surface area contributed by atoms with Gasteiger partial charge in [-0.15, -0.1) is 9.42 Å². The summed E-state index contributed by atoms with van der Waals surface area (Å²) in [5.41, 5.74) is -1.30. The van der Waals surface area contributed by atoms with Gasteiger partial charge in [-0.25, -0.2) is 22.0 Å². The van der Waals surface area contributed by atoms with Gasteiger partial charge in [-0.2, -0.15) is 0 Å². The fourth-order valence-electron chi connectivity index (χ4n) is 0.897. The van der Waals surface area contributed by atoms with Gasteiger partial charge in [0.25, 0.3) is 0 Å². The maximum atomic E-state index is 12.9. The summed E-state index contributed by atoms with van der Waals surface area (Å²) < 4.78 is 77.3. The lowest BCUT2D eigenvalue weighted by atomic mass is 10.2. The van der Waals surface area contributed by atoms with E-state index in [9.17, 15) is 26.5 Å². The number of rotatable bonds is 3. The molecule has 0 heterocycles. The monoisotopic (exact) mass is 261 g/mol. The van der Waals surface area contributed by atoms with Crippen molar-refractivity contribution in [1.82, 2.24) is 0 Å². The molecule has 0 saturated heterocycles. The van der Waals surface area contributed by atoms with Crippen LogP contribution in [0.3, 0.4) is 0 Å². The van der Waals surface area contributed by atoms with Gasteiger partial charge < -0.3 is 0 Å². The van der Waals surface area contributed by atoms with Crippen molar-refractivity contribution in [2.45, 2.75) is 6.61 Å². The van der Waals surface area contributed by atoms with E-state index in [4.69, 9.17) is 4.89 Å². The van der Waals surface area contributed by atoms with Crippen LogP contribution < -0.4 is 0 Å². The Balaban J connectivity index is 3.23. The first-order valence-corrected chi connectivity index (χ1v) is 4.78. The van der Waals surface area contributed by atoms with Gasteiger partial charge in [0.2, 0.25) is 5.82 Å². The van der Waals surface area contributed by atoms with Crippen LogP contribution in [0.15, 0.2) is 0 Å². The second-order valence-electron chi connectivity index (χ2n) is 2.56. The molecule has 0 spiro atoms. The van der Waals surface area contributed by atoms with Crippen molar-refractivity contribution >= 4 is 8.25 Å². The summed E-state index contributed by atoms with van der Waals surface area (Å²) in [6.07, 6.45) is 0. The van der Waals surface area contributed by atoms with Crippen molar-refractivity contribution in [1.29, 1.82) is 0 Å². The van der Waals surface area contributed by atoms with Gasteiger partial charge in [0.15, 0.2) is 23.3 Å². The first kappa shape index (κ1) is 13.0. The van der Waals surface area contributed by atoms with E-state index in [1.807, 2.05) is 0 Å². The van der Waals surface area contributed by atoms with E-state index in [1.54, 1.807) is 0 Å².